The second-order valence-corrected chi connectivity index (χ2v) is 8.57. The number of aryl methyl sites for hydroxylation is 2. The van der Waals surface area contributed by atoms with Crippen LogP contribution in [0, 0.1) is 13.8 Å². The lowest BCUT2D eigenvalue weighted by atomic mass is 10.1. The highest BCUT2D eigenvalue weighted by Crippen LogP contribution is 2.38. The van der Waals surface area contributed by atoms with E-state index in [1.165, 1.54) is 0 Å². The summed E-state index contributed by atoms with van der Waals surface area (Å²) >= 11 is 0. The molecule has 0 fully saturated rings. The summed E-state index contributed by atoms with van der Waals surface area (Å²) in [4.78, 5) is 31.6. The van der Waals surface area contributed by atoms with Crippen LogP contribution in [-0.2, 0) is 13.0 Å². The first-order chi connectivity index (χ1) is 16.4. The predicted molar refractivity (Wildman–Crippen MR) is 130 cm³/mol. The summed E-state index contributed by atoms with van der Waals surface area (Å²) < 4.78 is 5.78. The van der Waals surface area contributed by atoms with E-state index < -0.39 is 0 Å². The number of aromatic amines is 1. The van der Waals surface area contributed by atoms with Crippen LogP contribution in [-0.4, -0.2) is 44.9 Å². The van der Waals surface area contributed by atoms with Crippen molar-refractivity contribution in [1.82, 2.24) is 24.8 Å². The van der Waals surface area contributed by atoms with Crippen molar-refractivity contribution in [1.29, 1.82) is 0 Å². The zero-order valence-electron chi connectivity index (χ0n) is 19.6. The number of benzene rings is 1. The Morgan fingerprint density at radius 1 is 1.12 bits per heavy atom. The number of rotatable bonds is 6. The molecule has 0 saturated carbocycles. The van der Waals surface area contributed by atoms with Crippen LogP contribution in [0.2, 0.25) is 0 Å². The molecule has 4 heterocycles. The number of H-pyrrole nitrogens is 1. The van der Waals surface area contributed by atoms with E-state index in [0.29, 0.717) is 30.0 Å². The summed E-state index contributed by atoms with van der Waals surface area (Å²) in [5.74, 6) is 1.31. The minimum atomic E-state index is -0.0537. The molecule has 8 nitrogen and oxygen atoms in total. The fraction of sp³-hybridized carbons (Fsp3) is 0.231. The number of pyridine rings is 2. The topological polar surface area (TPSA) is 96.0 Å². The molecule has 1 amide bonds. The van der Waals surface area contributed by atoms with E-state index in [1.807, 2.05) is 44.2 Å². The number of nitrogens with zero attached hydrogens (tertiary/aromatic N) is 4. The summed E-state index contributed by atoms with van der Waals surface area (Å²) in [6.07, 6.45) is 4.16. The molecule has 1 aliphatic rings. The van der Waals surface area contributed by atoms with Gasteiger partial charge in [-0.25, -0.2) is 4.98 Å². The number of anilines is 2. The number of fused-ring (bicyclic) bond motifs is 1. The van der Waals surface area contributed by atoms with Crippen molar-refractivity contribution in [2.75, 3.05) is 19.5 Å². The van der Waals surface area contributed by atoms with Gasteiger partial charge in [-0.15, -0.1) is 0 Å². The zero-order chi connectivity index (χ0) is 23.8. The molecule has 1 aliphatic heterocycles. The van der Waals surface area contributed by atoms with E-state index in [-0.39, 0.29) is 5.91 Å². The number of carbonyl (C=O) groups is 1. The average Bonchev–Trinajstić information content (AvgIpc) is 3.36. The molecule has 0 atom stereocenters. The molecule has 5 rings (SSSR count). The Morgan fingerprint density at radius 3 is 2.71 bits per heavy atom. The molecule has 172 valence electrons. The van der Waals surface area contributed by atoms with Gasteiger partial charge in [-0.1, -0.05) is 6.07 Å². The Bertz CT molecular complexity index is 1390. The monoisotopic (exact) mass is 454 g/mol. The Balaban J connectivity index is 1.57. The van der Waals surface area contributed by atoms with Crippen molar-refractivity contribution in [2.45, 2.75) is 26.8 Å². The molecule has 4 aromatic rings. The fourth-order valence-electron chi connectivity index (χ4n) is 4.30. The van der Waals surface area contributed by atoms with Crippen molar-refractivity contribution in [3.8, 4) is 17.1 Å². The molecule has 0 saturated heterocycles. The maximum absolute atomic E-state index is 13.0. The zero-order valence-corrected chi connectivity index (χ0v) is 19.6. The largest absolute Gasteiger partial charge is 0.494 e. The van der Waals surface area contributed by atoms with Gasteiger partial charge in [0.15, 0.2) is 5.75 Å². The second-order valence-electron chi connectivity index (χ2n) is 8.57. The van der Waals surface area contributed by atoms with Gasteiger partial charge in [0.2, 0.25) is 0 Å². The Hall–Kier alpha value is -4.20. The minimum Gasteiger partial charge on any atom is -0.494 e. The quantitative estimate of drug-likeness (QED) is 0.448. The van der Waals surface area contributed by atoms with Crippen LogP contribution >= 0.6 is 0 Å². The summed E-state index contributed by atoms with van der Waals surface area (Å²) in [6, 6.07) is 11.8. The maximum atomic E-state index is 13.0. The van der Waals surface area contributed by atoms with Crippen LogP contribution in [0.25, 0.3) is 11.4 Å². The third-order valence-electron chi connectivity index (χ3n) is 5.88. The number of ether oxygens (including phenoxy) is 1. The van der Waals surface area contributed by atoms with Crippen LogP contribution in [0.4, 0.5) is 11.4 Å². The lowest BCUT2D eigenvalue weighted by Gasteiger charge is -2.16. The van der Waals surface area contributed by atoms with Crippen molar-refractivity contribution in [3.63, 3.8) is 0 Å². The number of nitrogens with one attached hydrogen (secondary N) is 2. The highest BCUT2D eigenvalue weighted by atomic mass is 16.5. The average molecular weight is 455 g/mol. The van der Waals surface area contributed by atoms with Crippen LogP contribution in [0.15, 0.2) is 48.8 Å². The maximum Gasteiger partial charge on any atom is 0.257 e. The van der Waals surface area contributed by atoms with Gasteiger partial charge in [-0.2, -0.15) is 0 Å². The van der Waals surface area contributed by atoms with Crippen molar-refractivity contribution in [3.05, 3.63) is 82.7 Å². The summed E-state index contributed by atoms with van der Waals surface area (Å²) in [6.45, 7) is 4.47. The molecule has 8 heteroatoms. The molecule has 34 heavy (non-hydrogen) atoms. The van der Waals surface area contributed by atoms with E-state index in [9.17, 15) is 4.79 Å². The van der Waals surface area contributed by atoms with Crippen LogP contribution in [0.3, 0.4) is 0 Å². The number of amides is 1. The third kappa shape index (κ3) is 3.98. The molecule has 0 bridgehead atoms. The van der Waals surface area contributed by atoms with Crippen LogP contribution < -0.4 is 10.1 Å². The van der Waals surface area contributed by atoms with E-state index >= 15 is 0 Å². The molecule has 0 unspecified atom stereocenters. The van der Waals surface area contributed by atoms with Crippen molar-refractivity contribution >= 4 is 17.3 Å². The van der Waals surface area contributed by atoms with Crippen LogP contribution in [0.1, 0.15) is 38.7 Å². The predicted octanol–water partition coefficient (Wildman–Crippen LogP) is 4.41. The van der Waals surface area contributed by atoms with Gasteiger partial charge in [-0.3, -0.25) is 14.8 Å². The number of aromatic nitrogens is 4. The van der Waals surface area contributed by atoms with Gasteiger partial charge in [0.25, 0.3) is 5.91 Å². The number of para-hydroxylation sites is 1. The first kappa shape index (κ1) is 21.6. The van der Waals surface area contributed by atoms with Gasteiger partial charge in [0.05, 0.1) is 41.9 Å². The first-order valence-electron chi connectivity index (χ1n) is 11.1. The number of hydrogen-bond acceptors (Lipinski definition) is 6. The SMILES string of the molecule is COc1c(Nc2cc(Cc3cc(C)ccn3)nc3c2C(=O)N(C)C3)cccc1-c1ncc(C)[nH]1. The first-order valence-corrected chi connectivity index (χ1v) is 11.1. The van der Waals surface area contributed by atoms with Gasteiger partial charge >= 0.3 is 0 Å². The number of carbonyl (C=O) groups excluding carboxylic acids is 1. The van der Waals surface area contributed by atoms with E-state index in [0.717, 1.165) is 45.4 Å². The fourth-order valence-corrected chi connectivity index (χ4v) is 4.30. The van der Waals surface area contributed by atoms with Crippen molar-refractivity contribution in [2.24, 2.45) is 0 Å². The number of methoxy groups -OCH3 is 1. The summed E-state index contributed by atoms with van der Waals surface area (Å²) in [7, 11) is 3.42. The molecule has 1 aromatic carbocycles. The van der Waals surface area contributed by atoms with E-state index in [4.69, 9.17) is 9.72 Å². The van der Waals surface area contributed by atoms with Gasteiger partial charge in [0.1, 0.15) is 5.82 Å². The number of imidazole rings is 1. The molecule has 3 aromatic heterocycles. The Kier molecular flexibility index (Phi) is 5.49. The highest BCUT2D eigenvalue weighted by molar-refractivity contribution is 6.03. The van der Waals surface area contributed by atoms with Crippen LogP contribution in [0.5, 0.6) is 5.75 Å². The standard InChI is InChI=1S/C26H26N6O2/c1-15-8-9-27-17(10-15)11-18-12-21(23-22(30-18)14-32(3)26(23)33)31-20-7-5-6-19(24(20)34-4)25-28-13-16(2)29-25/h5-10,12-13H,11,14H2,1-4H3,(H,28,29)(H,30,31). The Labute approximate surface area is 198 Å². The van der Waals surface area contributed by atoms with Gasteiger partial charge in [0, 0.05) is 42.9 Å². The lowest BCUT2D eigenvalue weighted by Crippen LogP contribution is -2.18. The summed E-state index contributed by atoms with van der Waals surface area (Å²) in [5, 5.41) is 3.45. The lowest BCUT2D eigenvalue weighted by molar-refractivity contribution is 0.0817. The van der Waals surface area contributed by atoms with E-state index in [1.54, 1.807) is 31.5 Å². The molecular formula is C26H26N6O2. The van der Waals surface area contributed by atoms with Crippen molar-refractivity contribution < 1.29 is 9.53 Å². The van der Waals surface area contributed by atoms with Gasteiger partial charge in [-0.05, 0) is 49.7 Å². The molecule has 0 spiro atoms. The smallest absolute Gasteiger partial charge is 0.257 e. The Morgan fingerprint density at radius 2 is 1.97 bits per heavy atom. The molecule has 0 aliphatic carbocycles. The molecule has 0 radical (unpaired) electrons. The minimum absolute atomic E-state index is 0.0537. The van der Waals surface area contributed by atoms with Gasteiger partial charge < -0.3 is 19.9 Å². The molecular weight excluding hydrogens is 428 g/mol. The number of hydrogen-bond donors (Lipinski definition) is 2. The highest BCUT2D eigenvalue weighted by Gasteiger charge is 2.30. The summed E-state index contributed by atoms with van der Waals surface area (Å²) in [5.41, 5.74) is 7.51. The normalized spacial score (nSPS) is 12.7. The third-order valence-corrected chi connectivity index (χ3v) is 5.88. The molecule has 2 N–H and O–H groups in total. The second kappa shape index (κ2) is 8.62. The van der Waals surface area contributed by atoms with E-state index in [2.05, 4.69) is 26.3 Å².